The number of hydrogen-bond donors (Lipinski definition) is 2. The van der Waals surface area contributed by atoms with E-state index in [0.717, 1.165) is 31.0 Å². The van der Waals surface area contributed by atoms with Crippen molar-refractivity contribution in [3.8, 4) is 11.5 Å². The van der Waals surface area contributed by atoms with Gasteiger partial charge in [-0.2, -0.15) is 4.98 Å². The van der Waals surface area contributed by atoms with Crippen molar-refractivity contribution in [3.05, 3.63) is 95.9 Å². The molecule has 2 N–H and O–H groups in total. The lowest BCUT2D eigenvalue weighted by molar-refractivity contribution is 0.0958. The first-order valence-corrected chi connectivity index (χ1v) is 11.1. The number of pyridine rings is 1. The van der Waals surface area contributed by atoms with Crippen LogP contribution < -0.4 is 20.3 Å². The van der Waals surface area contributed by atoms with E-state index in [2.05, 4.69) is 49.8 Å². The number of amides is 1. The largest absolute Gasteiger partial charge is 0.457 e. The van der Waals surface area contributed by atoms with E-state index in [9.17, 15) is 4.79 Å². The molecule has 1 amide bonds. The Kier molecular flexibility index (Phi) is 6.03. The Labute approximate surface area is 197 Å². The second kappa shape index (κ2) is 9.58. The third-order valence-corrected chi connectivity index (χ3v) is 5.63. The molecule has 2 aromatic carbocycles. The summed E-state index contributed by atoms with van der Waals surface area (Å²) in [6, 6.07) is 21.3. The molecule has 0 aliphatic carbocycles. The van der Waals surface area contributed by atoms with Gasteiger partial charge in [0.2, 0.25) is 5.95 Å². The predicted molar refractivity (Wildman–Crippen MR) is 131 cm³/mol. The topological polar surface area (TPSA) is 92.3 Å². The standard InChI is InChI=1S/C26H24N6O2/c1-27-25(33)23-16-22(10-13-28-23)34-21-8-6-20(7-9-21)30-26-29-14-11-24(31-26)32-15-12-18-4-2-3-5-19(18)17-32/h2-11,13-14,16H,12,15,17H2,1H3,(H,27,33)(H,29,30,31). The quantitative estimate of drug-likeness (QED) is 0.450. The third kappa shape index (κ3) is 4.80. The molecule has 0 unspecified atom stereocenters. The number of aromatic nitrogens is 3. The molecule has 3 heterocycles. The molecule has 0 atom stereocenters. The van der Waals surface area contributed by atoms with Crippen LogP contribution in [0.4, 0.5) is 17.5 Å². The van der Waals surface area contributed by atoms with Gasteiger partial charge < -0.3 is 20.3 Å². The second-order valence-corrected chi connectivity index (χ2v) is 7.89. The molecule has 4 aromatic rings. The number of hydrogen-bond acceptors (Lipinski definition) is 7. The van der Waals surface area contributed by atoms with Gasteiger partial charge in [0.25, 0.3) is 5.91 Å². The molecule has 5 rings (SSSR count). The normalized spacial score (nSPS) is 12.6. The van der Waals surface area contributed by atoms with E-state index in [4.69, 9.17) is 9.72 Å². The van der Waals surface area contributed by atoms with Crippen molar-refractivity contribution in [1.82, 2.24) is 20.3 Å². The second-order valence-electron chi connectivity index (χ2n) is 7.89. The van der Waals surface area contributed by atoms with Crippen molar-refractivity contribution in [2.45, 2.75) is 13.0 Å². The molecule has 1 aliphatic rings. The molecular formula is C26H24N6O2. The number of rotatable bonds is 6. The van der Waals surface area contributed by atoms with Crippen molar-refractivity contribution < 1.29 is 9.53 Å². The summed E-state index contributed by atoms with van der Waals surface area (Å²) in [6.45, 7) is 1.77. The summed E-state index contributed by atoms with van der Waals surface area (Å²) in [5.41, 5.74) is 3.89. The highest BCUT2D eigenvalue weighted by atomic mass is 16.5. The Morgan fingerprint density at radius 1 is 0.941 bits per heavy atom. The molecule has 0 spiro atoms. The highest BCUT2D eigenvalue weighted by molar-refractivity contribution is 5.92. The highest BCUT2D eigenvalue weighted by Gasteiger charge is 2.17. The first-order chi connectivity index (χ1) is 16.7. The predicted octanol–water partition coefficient (Wildman–Crippen LogP) is 4.33. The van der Waals surface area contributed by atoms with Crippen LogP contribution in [0.1, 0.15) is 21.6 Å². The maximum atomic E-state index is 11.8. The summed E-state index contributed by atoms with van der Waals surface area (Å²) in [5.74, 6) is 2.35. The van der Waals surface area contributed by atoms with Gasteiger partial charge in [-0.15, -0.1) is 0 Å². The lowest BCUT2D eigenvalue weighted by atomic mass is 10.00. The SMILES string of the molecule is CNC(=O)c1cc(Oc2ccc(Nc3nccc(N4CCc5ccccc5C4)n3)cc2)ccn1. The van der Waals surface area contributed by atoms with E-state index in [-0.39, 0.29) is 5.91 Å². The maximum absolute atomic E-state index is 11.8. The fraction of sp³-hybridized carbons (Fsp3) is 0.154. The molecule has 8 nitrogen and oxygen atoms in total. The van der Waals surface area contributed by atoms with E-state index >= 15 is 0 Å². The number of fused-ring (bicyclic) bond motifs is 1. The molecule has 0 radical (unpaired) electrons. The van der Waals surface area contributed by atoms with Crippen LogP contribution in [0.25, 0.3) is 0 Å². The van der Waals surface area contributed by atoms with E-state index in [1.165, 1.54) is 11.1 Å². The average molecular weight is 453 g/mol. The lowest BCUT2D eigenvalue weighted by Gasteiger charge is -2.29. The van der Waals surface area contributed by atoms with Gasteiger partial charge in [-0.3, -0.25) is 9.78 Å². The number of nitrogens with one attached hydrogen (secondary N) is 2. The molecule has 34 heavy (non-hydrogen) atoms. The summed E-state index contributed by atoms with van der Waals surface area (Å²) < 4.78 is 5.86. The first kappa shape index (κ1) is 21.4. The fourth-order valence-corrected chi connectivity index (χ4v) is 3.88. The van der Waals surface area contributed by atoms with Crippen LogP contribution in [0.15, 0.2) is 79.1 Å². The van der Waals surface area contributed by atoms with Gasteiger partial charge in [0.05, 0.1) is 0 Å². The first-order valence-electron chi connectivity index (χ1n) is 11.1. The van der Waals surface area contributed by atoms with Crippen LogP contribution in [-0.2, 0) is 13.0 Å². The minimum atomic E-state index is -0.263. The summed E-state index contributed by atoms with van der Waals surface area (Å²) in [6.07, 6.45) is 4.32. The Bertz CT molecular complexity index is 1310. The zero-order chi connectivity index (χ0) is 23.3. The van der Waals surface area contributed by atoms with Crippen LogP contribution in [0.3, 0.4) is 0 Å². The molecule has 170 valence electrons. The minimum Gasteiger partial charge on any atom is -0.457 e. The number of carbonyl (C=O) groups is 1. The third-order valence-electron chi connectivity index (χ3n) is 5.63. The molecule has 1 aliphatic heterocycles. The average Bonchev–Trinajstić information content (AvgIpc) is 2.89. The van der Waals surface area contributed by atoms with Gasteiger partial charge in [-0.1, -0.05) is 24.3 Å². The summed E-state index contributed by atoms with van der Waals surface area (Å²) in [7, 11) is 1.56. The van der Waals surface area contributed by atoms with Gasteiger partial charge in [0.15, 0.2) is 0 Å². The van der Waals surface area contributed by atoms with Crippen molar-refractivity contribution >= 4 is 23.4 Å². The molecular weight excluding hydrogens is 428 g/mol. The summed E-state index contributed by atoms with van der Waals surface area (Å²) in [5, 5.41) is 5.81. The Balaban J connectivity index is 1.25. The molecule has 0 fully saturated rings. The van der Waals surface area contributed by atoms with Gasteiger partial charge in [-0.05, 0) is 53.9 Å². The number of nitrogens with zero attached hydrogens (tertiary/aromatic N) is 4. The van der Waals surface area contributed by atoms with E-state index in [1.807, 2.05) is 30.3 Å². The van der Waals surface area contributed by atoms with Crippen molar-refractivity contribution in [2.24, 2.45) is 0 Å². The molecule has 0 saturated carbocycles. The van der Waals surface area contributed by atoms with Crippen LogP contribution in [-0.4, -0.2) is 34.5 Å². The Hall–Kier alpha value is -4.46. The number of anilines is 3. The number of benzene rings is 2. The van der Waals surface area contributed by atoms with Gasteiger partial charge in [-0.25, -0.2) is 4.98 Å². The maximum Gasteiger partial charge on any atom is 0.269 e. The lowest BCUT2D eigenvalue weighted by Crippen LogP contribution is -2.31. The van der Waals surface area contributed by atoms with E-state index < -0.39 is 0 Å². The van der Waals surface area contributed by atoms with Crippen LogP contribution in [0, 0.1) is 0 Å². The van der Waals surface area contributed by atoms with Crippen molar-refractivity contribution in [3.63, 3.8) is 0 Å². The monoisotopic (exact) mass is 452 g/mol. The van der Waals surface area contributed by atoms with Crippen molar-refractivity contribution in [2.75, 3.05) is 23.8 Å². The Morgan fingerprint density at radius 3 is 2.56 bits per heavy atom. The van der Waals surface area contributed by atoms with Gasteiger partial charge in [0, 0.05) is 44.3 Å². The van der Waals surface area contributed by atoms with Crippen LogP contribution >= 0.6 is 0 Å². The summed E-state index contributed by atoms with van der Waals surface area (Å²) in [4.78, 5) is 27.2. The molecule has 2 aromatic heterocycles. The molecule has 8 heteroatoms. The van der Waals surface area contributed by atoms with E-state index in [0.29, 0.717) is 23.1 Å². The number of carbonyl (C=O) groups excluding carboxylic acids is 1. The highest BCUT2D eigenvalue weighted by Crippen LogP contribution is 2.26. The van der Waals surface area contributed by atoms with Crippen molar-refractivity contribution in [1.29, 1.82) is 0 Å². The molecule has 0 bridgehead atoms. The van der Waals surface area contributed by atoms with Crippen LogP contribution in [0.5, 0.6) is 11.5 Å². The zero-order valence-corrected chi connectivity index (χ0v) is 18.7. The minimum absolute atomic E-state index is 0.263. The van der Waals surface area contributed by atoms with Gasteiger partial charge >= 0.3 is 0 Å². The van der Waals surface area contributed by atoms with Gasteiger partial charge in [0.1, 0.15) is 23.0 Å². The molecule has 0 saturated heterocycles. The smallest absolute Gasteiger partial charge is 0.269 e. The van der Waals surface area contributed by atoms with E-state index in [1.54, 1.807) is 31.6 Å². The zero-order valence-electron chi connectivity index (χ0n) is 18.7. The fourth-order valence-electron chi connectivity index (χ4n) is 3.88. The van der Waals surface area contributed by atoms with Crippen LogP contribution in [0.2, 0.25) is 0 Å². The Morgan fingerprint density at radius 2 is 1.74 bits per heavy atom. The summed E-state index contributed by atoms with van der Waals surface area (Å²) >= 11 is 0. The number of ether oxygens (including phenoxy) is 1.